The zero-order valence-electron chi connectivity index (χ0n) is 12.1. The van der Waals surface area contributed by atoms with Gasteiger partial charge in [-0.3, -0.25) is 0 Å². The summed E-state index contributed by atoms with van der Waals surface area (Å²) in [6, 6.07) is 4.31. The van der Waals surface area contributed by atoms with Gasteiger partial charge < -0.3 is 11.1 Å². The number of nitrogens with two attached hydrogens (primary N) is 1. The first-order chi connectivity index (χ1) is 8.88. The molecule has 0 saturated heterocycles. The Morgan fingerprint density at radius 2 is 1.53 bits per heavy atom. The number of hydrogen-bond acceptors (Lipinski definition) is 4. The van der Waals surface area contributed by atoms with Crippen LogP contribution in [0.3, 0.4) is 0 Å². The van der Waals surface area contributed by atoms with Crippen LogP contribution in [0.1, 0.15) is 27.9 Å². The molecule has 0 spiro atoms. The van der Waals surface area contributed by atoms with Gasteiger partial charge >= 0.3 is 0 Å². The standard InChI is InChI=1S/C15H20N4/c1-8-6-9(2)13(10(3)7-8)18-14-11(4)12(5)17-15(16)19-14/h6-7H,1-5H3,(H3,16,17,18,19). The SMILES string of the molecule is Cc1cc(C)c(Nc2nc(N)nc(C)c2C)c(C)c1. The molecule has 2 aromatic rings. The van der Waals surface area contributed by atoms with Crippen molar-refractivity contribution >= 4 is 17.5 Å². The minimum absolute atomic E-state index is 0.299. The Labute approximate surface area is 114 Å². The van der Waals surface area contributed by atoms with Crippen LogP contribution in [-0.4, -0.2) is 9.97 Å². The first-order valence-corrected chi connectivity index (χ1v) is 6.34. The Morgan fingerprint density at radius 3 is 2.11 bits per heavy atom. The lowest BCUT2D eigenvalue weighted by molar-refractivity contribution is 1.08. The minimum Gasteiger partial charge on any atom is -0.368 e. The highest BCUT2D eigenvalue weighted by Crippen LogP contribution is 2.27. The van der Waals surface area contributed by atoms with E-state index < -0.39 is 0 Å². The fraction of sp³-hybridized carbons (Fsp3) is 0.333. The molecule has 0 aliphatic carbocycles. The summed E-state index contributed by atoms with van der Waals surface area (Å²) in [5.74, 6) is 1.08. The average molecular weight is 256 g/mol. The molecule has 4 nitrogen and oxygen atoms in total. The van der Waals surface area contributed by atoms with E-state index in [1.165, 1.54) is 16.7 Å². The van der Waals surface area contributed by atoms with Crippen LogP contribution < -0.4 is 11.1 Å². The van der Waals surface area contributed by atoms with E-state index in [1.54, 1.807) is 0 Å². The van der Waals surface area contributed by atoms with Crippen LogP contribution in [0.15, 0.2) is 12.1 Å². The van der Waals surface area contributed by atoms with Crippen LogP contribution in [0.4, 0.5) is 17.5 Å². The van der Waals surface area contributed by atoms with Crippen molar-refractivity contribution < 1.29 is 0 Å². The van der Waals surface area contributed by atoms with Crippen molar-refractivity contribution in [2.45, 2.75) is 34.6 Å². The smallest absolute Gasteiger partial charge is 0.222 e. The van der Waals surface area contributed by atoms with E-state index in [1.807, 2.05) is 13.8 Å². The molecule has 0 amide bonds. The van der Waals surface area contributed by atoms with Gasteiger partial charge in [0, 0.05) is 16.9 Å². The van der Waals surface area contributed by atoms with Gasteiger partial charge in [0.05, 0.1) is 0 Å². The highest BCUT2D eigenvalue weighted by atomic mass is 15.1. The third kappa shape index (κ3) is 2.67. The number of nitrogens with zero attached hydrogens (tertiary/aromatic N) is 2. The molecule has 0 atom stereocenters. The highest BCUT2D eigenvalue weighted by molar-refractivity contribution is 5.67. The Morgan fingerprint density at radius 1 is 0.947 bits per heavy atom. The van der Waals surface area contributed by atoms with E-state index in [4.69, 9.17) is 5.73 Å². The lowest BCUT2D eigenvalue weighted by Gasteiger charge is -2.15. The van der Waals surface area contributed by atoms with Gasteiger partial charge in [-0.25, -0.2) is 4.98 Å². The van der Waals surface area contributed by atoms with E-state index in [0.29, 0.717) is 5.95 Å². The summed E-state index contributed by atoms with van der Waals surface area (Å²) >= 11 is 0. The summed E-state index contributed by atoms with van der Waals surface area (Å²) in [5, 5.41) is 3.39. The molecule has 0 aliphatic rings. The van der Waals surface area contributed by atoms with Gasteiger partial charge in [-0.1, -0.05) is 17.7 Å². The van der Waals surface area contributed by atoms with Crippen molar-refractivity contribution in [1.29, 1.82) is 0 Å². The van der Waals surface area contributed by atoms with Crippen LogP contribution in [0.25, 0.3) is 0 Å². The summed E-state index contributed by atoms with van der Waals surface area (Å²) in [6.45, 7) is 10.2. The Bertz CT molecular complexity index is 609. The molecule has 2 rings (SSSR count). The number of anilines is 3. The predicted octanol–water partition coefficient (Wildman–Crippen LogP) is 3.34. The number of benzene rings is 1. The predicted molar refractivity (Wildman–Crippen MR) is 79.9 cm³/mol. The van der Waals surface area contributed by atoms with Crippen LogP contribution >= 0.6 is 0 Å². The fourth-order valence-electron chi connectivity index (χ4n) is 2.27. The molecule has 4 heteroatoms. The molecule has 1 aromatic heterocycles. The summed E-state index contributed by atoms with van der Waals surface area (Å²) in [4.78, 5) is 8.45. The van der Waals surface area contributed by atoms with Gasteiger partial charge in [-0.2, -0.15) is 4.98 Å². The molecule has 0 radical (unpaired) electrons. The second kappa shape index (κ2) is 4.88. The second-order valence-electron chi connectivity index (χ2n) is 5.04. The summed E-state index contributed by atoms with van der Waals surface area (Å²) in [6.07, 6.45) is 0. The summed E-state index contributed by atoms with van der Waals surface area (Å²) in [5.41, 5.74) is 12.4. The normalized spacial score (nSPS) is 10.6. The van der Waals surface area contributed by atoms with Gasteiger partial charge in [0.2, 0.25) is 5.95 Å². The highest BCUT2D eigenvalue weighted by Gasteiger charge is 2.10. The molecule has 0 bridgehead atoms. The van der Waals surface area contributed by atoms with Gasteiger partial charge in [0.1, 0.15) is 5.82 Å². The molecule has 0 saturated carbocycles. The Kier molecular flexibility index (Phi) is 3.42. The molecular formula is C15H20N4. The van der Waals surface area contributed by atoms with Crippen LogP contribution in [0, 0.1) is 34.6 Å². The average Bonchev–Trinajstić information content (AvgIpc) is 2.29. The Hall–Kier alpha value is -2.10. The number of aryl methyl sites for hydroxylation is 4. The molecule has 1 heterocycles. The molecule has 1 aromatic carbocycles. The topological polar surface area (TPSA) is 63.8 Å². The number of nitrogens with one attached hydrogen (secondary N) is 1. The number of nitrogen functional groups attached to an aromatic ring is 1. The van der Waals surface area contributed by atoms with Crippen molar-refractivity contribution in [3.63, 3.8) is 0 Å². The zero-order chi connectivity index (χ0) is 14.2. The molecule has 0 fully saturated rings. The molecule has 0 unspecified atom stereocenters. The van der Waals surface area contributed by atoms with Crippen molar-refractivity contribution in [3.8, 4) is 0 Å². The van der Waals surface area contributed by atoms with E-state index in [-0.39, 0.29) is 0 Å². The van der Waals surface area contributed by atoms with Crippen molar-refractivity contribution in [2.24, 2.45) is 0 Å². The number of rotatable bonds is 2. The summed E-state index contributed by atoms with van der Waals surface area (Å²) < 4.78 is 0. The zero-order valence-corrected chi connectivity index (χ0v) is 12.1. The van der Waals surface area contributed by atoms with Crippen LogP contribution in [0.2, 0.25) is 0 Å². The molecule has 19 heavy (non-hydrogen) atoms. The van der Waals surface area contributed by atoms with Crippen molar-refractivity contribution in [2.75, 3.05) is 11.1 Å². The fourth-order valence-corrected chi connectivity index (χ4v) is 2.27. The first-order valence-electron chi connectivity index (χ1n) is 6.34. The maximum atomic E-state index is 5.72. The lowest BCUT2D eigenvalue weighted by Crippen LogP contribution is -2.06. The van der Waals surface area contributed by atoms with Crippen LogP contribution in [-0.2, 0) is 0 Å². The maximum Gasteiger partial charge on any atom is 0.222 e. The van der Waals surface area contributed by atoms with Gasteiger partial charge in [-0.05, 0) is 45.7 Å². The van der Waals surface area contributed by atoms with E-state index in [9.17, 15) is 0 Å². The largest absolute Gasteiger partial charge is 0.368 e. The summed E-state index contributed by atoms with van der Waals surface area (Å²) in [7, 11) is 0. The van der Waals surface area contributed by atoms with Gasteiger partial charge in [-0.15, -0.1) is 0 Å². The van der Waals surface area contributed by atoms with E-state index >= 15 is 0 Å². The third-order valence-electron chi connectivity index (χ3n) is 3.33. The maximum absolute atomic E-state index is 5.72. The second-order valence-corrected chi connectivity index (χ2v) is 5.04. The van der Waals surface area contributed by atoms with Crippen LogP contribution in [0.5, 0.6) is 0 Å². The number of aromatic nitrogens is 2. The van der Waals surface area contributed by atoms with Gasteiger partial charge in [0.15, 0.2) is 0 Å². The molecule has 0 aliphatic heterocycles. The van der Waals surface area contributed by atoms with Crippen molar-refractivity contribution in [3.05, 3.63) is 40.1 Å². The molecule has 100 valence electrons. The van der Waals surface area contributed by atoms with Gasteiger partial charge in [0.25, 0.3) is 0 Å². The Balaban J connectivity index is 2.48. The van der Waals surface area contributed by atoms with Crippen molar-refractivity contribution in [1.82, 2.24) is 9.97 Å². The molecular weight excluding hydrogens is 236 g/mol. The van der Waals surface area contributed by atoms with E-state index in [0.717, 1.165) is 22.8 Å². The lowest BCUT2D eigenvalue weighted by atomic mass is 10.0. The first kappa shape index (κ1) is 13.3. The van der Waals surface area contributed by atoms with E-state index in [2.05, 4.69) is 48.2 Å². The third-order valence-corrected chi connectivity index (χ3v) is 3.33. The quantitative estimate of drug-likeness (QED) is 0.865. The number of hydrogen-bond donors (Lipinski definition) is 2. The monoisotopic (exact) mass is 256 g/mol. The molecule has 3 N–H and O–H groups in total. The minimum atomic E-state index is 0.299.